The monoisotopic (exact) mass is 228 g/mol. The van der Waals surface area contributed by atoms with Crippen molar-refractivity contribution in [3.63, 3.8) is 0 Å². The molecule has 2 aliphatic heterocycles. The Morgan fingerprint density at radius 2 is 2.27 bits per heavy atom. The van der Waals surface area contributed by atoms with E-state index in [-0.39, 0.29) is 11.2 Å². The third-order valence-corrected chi connectivity index (χ3v) is 4.69. The molecule has 0 aliphatic carbocycles. The van der Waals surface area contributed by atoms with Gasteiger partial charge in [-0.15, -0.1) is 11.8 Å². The smallest absolute Gasteiger partial charge is 0.233 e. The molecule has 0 bridgehead atoms. The number of carbonyl (C=O) groups excluding carboxylic acids is 1. The first kappa shape index (κ1) is 11.3. The summed E-state index contributed by atoms with van der Waals surface area (Å²) in [5, 5.41) is 6.82. The van der Waals surface area contributed by atoms with E-state index in [0.29, 0.717) is 12.1 Å². The van der Waals surface area contributed by atoms with E-state index in [4.69, 9.17) is 0 Å². The maximum absolute atomic E-state index is 11.9. The highest BCUT2D eigenvalue weighted by Crippen LogP contribution is 2.26. The summed E-state index contributed by atoms with van der Waals surface area (Å²) < 4.78 is 0. The Bertz CT molecular complexity index is 229. The zero-order chi connectivity index (χ0) is 10.7. The van der Waals surface area contributed by atoms with Gasteiger partial charge in [0.2, 0.25) is 5.91 Å². The second kappa shape index (κ2) is 5.21. The standard InChI is InChI=1S/C11H20N2OS/c1-8-9(4-2-6-12-8)13-11(14)10-5-3-7-15-10/h8-10,12H,2-7H2,1H3,(H,13,14). The van der Waals surface area contributed by atoms with Gasteiger partial charge >= 0.3 is 0 Å². The second-order valence-corrected chi connectivity index (χ2v) is 5.81. The van der Waals surface area contributed by atoms with Crippen LogP contribution < -0.4 is 10.6 Å². The van der Waals surface area contributed by atoms with Gasteiger partial charge in [0, 0.05) is 12.1 Å². The average Bonchev–Trinajstić information content (AvgIpc) is 2.74. The lowest BCUT2D eigenvalue weighted by Gasteiger charge is -2.31. The van der Waals surface area contributed by atoms with Gasteiger partial charge in [-0.1, -0.05) is 0 Å². The minimum Gasteiger partial charge on any atom is -0.351 e. The summed E-state index contributed by atoms with van der Waals surface area (Å²) in [5.74, 6) is 1.41. The van der Waals surface area contributed by atoms with Crippen LogP contribution in [0.5, 0.6) is 0 Å². The van der Waals surface area contributed by atoms with Crippen molar-refractivity contribution in [1.82, 2.24) is 10.6 Å². The van der Waals surface area contributed by atoms with E-state index in [0.717, 1.165) is 25.1 Å². The predicted octanol–water partition coefficient (Wildman–Crippen LogP) is 1.14. The quantitative estimate of drug-likeness (QED) is 0.744. The van der Waals surface area contributed by atoms with Crippen LogP contribution in [0.3, 0.4) is 0 Å². The molecule has 1 amide bonds. The van der Waals surface area contributed by atoms with Crippen molar-refractivity contribution < 1.29 is 4.79 Å². The summed E-state index contributed by atoms with van der Waals surface area (Å²) in [4.78, 5) is 11.9. The fourth-order valence-electron chi connectivity index (χ4n) is 2.30. The van der Waals surface area contributed by atoms with E-state index in [1.807, 2.05) is 11.8 Å². The van der Waals surface area contributed by atoms with Crippen molar-refractivity contribution in [3.05, 3.63) is 0 Å². The van der Waals surface area contributed by atoms with Crippen LogP contribution in [0, 0.1) is 0 Å². The van der Waals surface area contributed by atoms with Crippen LogP contribution in [-0.4, -0.2) is 35.5 Å². The molecule has 0 aromatic carbocycles. The summed E-state index contributed by atoms with van der Waals surface area (Å²) in [6, 6.07) is 0.765. The number of rotatable bonds is 2. The molecule has 2 N–H and O–H groups in total. The van der Waals surface area contributed by atoms with Gasteiger partial charge in [0.05, 0.1) is 5.25 Å². The van der Waals surface area contributed by atoms with E-state index >= 15 is 0 Å². The Kier molecular flexibility index (Phi) is 3.92. The topological polar surface area (TPSA) is 41.1 Å². The number of hydrogen-bond donors (Lipinski definition) is 2. The molecular weight excluding hydrogens is 208 g/mol. The lowest BCUT2D eigenvalue weighted by atomic mass is 9.99. The zero-order valence-corrected chi connectivity index (χ0v) is 10.1. The Morgan fingerprint density at radius 3 is 2.93 bits per heavy atom. The van der Waals surface area contributed by atoms with Gasteiger partial charge in [0.1, 0.15) is 0 Å². The van der Waals surface area contributed by atoms with Crippen molar-refractivity contribution in [2.24, 2.45) is 0 Å². The maximum atomic E-state index is 11.9. The van der Waals surface area contributed by atoms with Crippen LogP contribution in [0.1, 0.15) is 32.6 Å². The Labute approximate surface area is 95.8 Å². The molecular formula is C11H20N2OS. The third kappa shape index (κ3) is 2.88. The van der Waals surface area contributed by atoms with E-state index in [9.17, 15) is 4.79 Å². The van der Waals surface area contributed by atoms with E-state index in [1.54, 1.807) is 0 Å². The number of thioether (sulfide) groups is 1. The van der Waals surface area contributed by atoms with E-state index in [1.165, 1.54) is 12.8 Å². The van der Waals surface area contributed by atoms with Gasteiger partial charge in [-0.25, -0.2) is 0 Å². The van der Waals surface area contributed by atoms with Crippen LogP contribution in [0.15, 0.2) is 0 Å². The van der Waals surface area contributed by atoms with Gasteiger partial charge < -0.3 is 10.6 Å². The van der Waals surface area contributed by atoms with E-state index < -0.39 is 0 Å². The number of hydrogen-bond acceptors (Lipinski definition) is 3. The highest BCUT2D eigenvalue weighted by Gasteiger charge is 2.28. The van der Waals surface area contributed by atoms with Crippen molar-refractivity contribution in [1.29, 1.82) is 0 Å². The minimum absolute atomic E-state index is 0.221. The Hall–Kier alpha value is -0.220. The molecule has 2 rings (SSSR count). The molecule has 3 unspecified atom stereocenters. The zero-order valence-electron chi connectivity index (χ0n) is 9.29. The molecule has 4 heteroatoms. The van der Waals surface area contributed by atoms with Gasteiger partial charge in [0.15, 0.2) is 0 Å². The molecule has 86 valence electrons. The molecule has 2 saturated heterocycles. The molecule has 0 radical (unpaired) electrons. The van der Waals surface area contributed by atoms with Gasteiger partial charge in [-0.05, 0) is 44.9 Å². The fraction of sp³-hybridized carbons (Fsp3) is 0.909. The molecule has 0 saturated carbocycles. The maximum Gasteiger partial charge on any atom is 0.233 e. The summed E-state index contributed by atoms with van der Waals surface area (Å²) in [7, 11) is 0. The first-order chi connectivity index (χ1) is 7.27. The predicted molar refractivity (Wildman–Crippen MR) is 64.1 cm³/mol. The Morgan fingerprint density at radius 1 is 1.40 bits per heavy atom. The van der Waals surface area contributed by atoms with Crippen molar-refractivity contribution in [3.8, 4) is 0 Å². The van der Waals surface area contributed by atoms with Crippen LogP contribution in [0.25, 0.3) is 0 Å². The molecule has 3 atom stereocenters. The average molecular weight is 228 g/mol. The summed E-state index contributed by atoms with van der Waals surface area (Å²) in [6.07, 6.45) is 4.55. The van der Waals surface area contributed by atoms with Crippen LogP contribution in [0.4, 0.5) is 0 Å². The summed E-state index contributed by atoms with van der Waals surface area (Å²) >= 11 is 1.81. The third-order valence-electron chi connectivity index (χ3n) is 3.31. The van der Waals surface area contributed by atoms with Crippen LogP contribution >= 0.6 is 11.8 Å². The van der Waals surface area contributed by atoms with Crippen molar-refractivity contribution >= 4 is 17.7 Å². The number of nitrogens with one attached hydrogen (secondary N) is 2. The van der Waals surface area contributed by atoms with Crippen LogP contribution in [-0.2, 0) is 4.79 Å². The molecule has 0 aromatic heterocycles. The number of carbonyl (C=O) groups is 1. The fourth-order valence-corrected chi connectivity index (χ4v) is 3.47. The van der Waals surface area contributed by atoms with Gasteiger partial charge in [0.25, 0.3) is 0 Å². The highest BCUT2D eigenvalue weighted by molar-refractivity contribution is 8.00. The number of piperidine rings is 1. The lowest BCUT2D eigenvalue weighted by Crippen LogP contribution is -2.53. The minimum atomic E-state index is 0.221. The second-order valence-electron chi connectivity index (χ2n) is 4.50. The molecule has 2 aliphatic rings. The van der Waals surface area contributed by atoms with Gasteiger partial charge in [-0.2, -0.15) is 0 Å². The summed E-state index contributed by atoms with van der Waals surface area (Å²) in [6.45, 7) is 3.25. The Balaban J connectivity index is 1.81. The number of amides is 1. The van der Waals surface area contributed by atoms with Crippen molar-refractivity contribution in [2.75, 3.05) is 12.3 Å². The molecule has 0 aromatic rings. The van der Waals surface area contributed by atoms with Crippen LogP contribution in [0.2, 0.25) is 0 Å². The normalized spacial score (nSPS) is 36.5. The lowest BCUT2D eigenvalue weighted by molar-refractivity contribution is -0.121. The largest absolute Gasteiger partial charge is 0.351 e. The molecule has 2 heterocycles. The summed E-state index contributed by atoms with van der Waals surface area (Å²) in [5.41, 5.74) is 0. The van der Waals surface area contributed by atoms with Gasteiger partial charge in [-0.3, -0.25) is 4.79 Å². The SMILES string of the molecule is CC1NCCCC1NC(=O)C1CCCS1. The van der Waals surface area contributed by atoms with Crippen molar-refractivity contribution in [2.45, 2.75) is 49.9 Å². The first-order valence-corrected chi connectivity index (χ1v) is 6.97. The molecule has 2 fully saturated rings. The van der Waals surface area contributed by atoms with E-state index in [2.05, 4.69) is 17.6 Å². The molecule has 0 spiro atoms. The first-order valence-electron chi connectivity index (χ1n) is 5.93. The molecule has 3 nitrogen and oxygen atoms in total. The molecule has 15 heavy (non-hydrogen) atoms. The highest BCUT2D eigenvalue weighted by atomic mass is 32.2.